The molecule has 0 aliphatic rings. The lowest BCUT2D eigenvalue weighted by Gasteiger charge is -2.14. The third kappa shape index (κ3) is 2.62. The summed E-state index contributed by atoms with van der Waals surface area (Å²) in [5.74, 6) is 0.756. The predicted molar refractivity (Wildman–Crippen MR) is 77.1 cm³/mol. The third-order valence-electron chi connectivity index (χ3n) is 2.72. The van der Waals surface area contributed by atoms with Crippen LogP contribution in [-0.4, -0.2) is 9.55 Å². The molecule has 2 rings (SSSR count). The summed E-state index contributed by atoms with van der Waals surface area (Å²) in [7, 11) is 0. The number of hydrogen-bond acceptors (Lipinski definition) is 2. The molecule has 0 saturated heterocycles. The Morgan fingerprint density at radius 1 is 1.22 bits per heavy atom. The maximum Gasteiger partial charge on any atom is 0.207 e. The SMILES string of the molecule is Cc1cc(Cl)c(Nc2nccn2C(C)C)cc1Cl. The van der Waals surface area contributed by atoms with Gasteiger partial charge in [-0.15, -0.1) is 0 Å². The largest absolute Gasteiger partial charge is 0.324 e. The Hall–Kier alpha value is -1.19. The number of nitrogens with zero attached hydrogens (tertiary/aromatic N) is 2. The first-order valence-electron chi connectivity index (χ1n) is 5.74. The van der Waals surface area contributed by atoms with E-state index in [2.05, 4.69) is 24.1 Å². The summed E-state index contributed by atoms with van der Waals surface area (Å²) in [6.45, 7) is 6.11. The molecule has 1 aromatic heterocycles. The van der Waals surface area contributed by atoms with Crippen LogP contribution < -0.4 is 5.32 Å². The highest BCUT2D eigenvalue weighted by molar-refractivity contribution is 6.35. The minimum absolute atomic E-state index is 0.328. The number of aryl methyl sites for hydroxylation is 1. The lowest BCUT2D eigenvalue weighted by Crippen LogP contribution is -2.05. The van der Waals surface area contributed by atoms with Gasteiger partial charge in [-0.3, -0.25) is 0 Å². The minimum atomic E-state index is 0.328. The number of nitrogens with one attached hydrogen (secondary N) is 1. The van der Waals surface area contributed by atoms with Crippen molar-refractivity contribution in [3.05, 3.63) is 40.1 Å². The molecule has 2 aromatic rings. The van der Waals surface area contributed by atoms with Crippen molar-refractivity contribution in [1.82, 2.24) is 9.55 Å². The number of imidazole rings is 1. The van der Waals surface area contributed by atoms with Gasteiger partial charge in [0, 0.05) is 23.5 Å². The summed E-state index contributed by atoms with van der Waals surface area (Å²) in [6, 6.07) is 3.99. The van der Waals surface area contributed by atoms with Crippen molar-refractivity contribution in [2.45, 2.75) is 26.8 Å². The topological polar surface area (TPSA) is 29.9 Å². The number of halogens is 2. The van der Waals surface area contributed by atoms with Crippen LogP contribution in [0.1, 0.15) is 25.5 Å². The maximum atomic E-state index is 6.19. The molecule has 5 heteroatoms. The van der Waals surface area contributed by atoms with E-state index in [1.54, 1.807) is 6.20 Å². The van der Waals surface area contributed by atoms with E-state index in [4.69, 9.17) is 23.2 Å². The second-order valence-corrected chi connectivity index (χ2v) is 5.27. The number of anilines is 2. The highest BCUT2D eigenvalue weighted by Crippen LogP contribution is 2.31. The molecule has 0 bridgehead atoms. The summed E-state index contributed by atoms with van der Waals surface area (Å²) in [5, 5.41) is 4.52. The van der Waals surface area contributed by atoms with Crippen LogP contribution in [0, 0.1) is 6.92 Å². The maximum absolute atomic E-state index is 6.19. The molecule has 0 aliphatic heterocycles. The van der Waals surface area contributed by atoms with Crippen LogP contribution in [0.2, 0.25) is 10.0 Å². The third-order valence-corrected chi connectivity index (χ3v) is 3.44. The first-order chi connectivity index (χ1) is 8.49. The number of aromatic nitrogens is 2. The average molecular weight is 284 g/mol. The van der Waals surface area contributed by atoms with Gasteiger partial charge >= 0.3 is 0 Å². The van der Waals surface area contributed by atoms with E-state index >= 15 is 0 Å². The molecule has 0 amide bonds. The number of rotatable bonds is 3. The van der Waals surface area contributed by atoms with Crippen LogP contribution >= 0.6 is 23.2 Å². The van der Waals surface area contributed by atoms with Crippen LogP contribution in [0.25, 0.3) is 0 Å². The summed E-state index contributed by atoms with van der Waals surface area (Å²) in [6.07, 6.45) is 3.68. The van der Waals surface area contributed by atoms with Gasteiger partial charge in [0.2, 0.25) is 5.95 Å². The van der Waals surface area contributed by atoms with Gasteiger partial charge in [0.25, 0.3) is 0 Å². The molecule has 0 fully saturated rings. The zero-order chi connectivity index (χ0) is 13.3. The molecule has 1 heterocycles. The highest BCUT2D eigenvalue weighted by Gasteiger charge is 2.09. The molecule has 18 heavy (non-hydrogen) atoms. The zero-order valence-corrected chi connectivity index (χ0v) is 12.0. The van der Waals surface area contributed by atoms with Crippen LogP contribution in [0.4, 0.5) is 11.6 Å². The molecule has 0 radical (unpaired) electrons. The van der Waals surface area contributed by atoms with Gasteiger partial charge in [-0.1, -0.05) is 23.2 Å². The predicted octanol–water partition coefficient (Wildman–Crippen LogP) is 4.82. The standard InChI is InChI=1S/C13H15Cl2N3/c1-8(2)18-5-4-16-13(18)17-12-7-10(14)9(3)6-11(12)15/h4-8H,1-3H3,(H,16,17). The summed E-state index contributed by atoms with van der Waals surface area (Å²) in [5.41, 5.74) is 1.72. The Kier molecular flexibility index (Phi) is 3.83. The van der Waals surface area contributed by atoms with E-state index in [1.165, 1.54) is 0 Å². The lowest BCUT2D eigenvalue weighted by molar-refractivity contribution is 0.608. The van der Waals surface area contributed by atoms with E-state index in [0.717, 1.165) is 17.2 Å². The molecule has 1 N–H and O–H groups in total. The molecule has 96 valence electrons. The van der Waals surface area contributed by atoms with Crippen molar-refractivity contribution in [1.29, 1.82) is 0 Å². The molecule has 0 aliphatic carbocycles. The molecule has 0 saturated carbocycles. The second-order valence-electron chi connectivity index (χ2n) is 4.46. The summed E-state index contributed by atoms with van der Waals surface area (Å²) < 4.78 is 2.03. The number of benzene rings is 1. The molecule has 1 aromatic carbocycles. The Balaban J connectivity index is 2.34. The minimum Gasteiger partial charge on any atom is -0.324 e. The molecule has 0 spiro atoms. The number of hydrogen-bond donors (Lipinski definition) is 1. The van der Waals surface area contributed by atoms with Crippen LogP contribution in [0.5, 0.6) is 0 Å². The van der Waals surface area contributed by atoms with Crippen LogP contribution in [0.3, 0.4) is 0 Å². The molecular formula is C13H15Cl2N3. The molecule has 0 unspecified atom stereocenters. The fourth-order valence-electron chi connectivity index (χ4n) is 1.69. The zero-order valence-electron chi connectivity index (χ0n) is 10.5. The van der Waals surface area contributed by atoms with Gasteiger partial charge in [-0.05, 0) is 38.5 Å². The lowest BCUT2D eigenvalue weighted by atomic mass is 10.2. The fourth-order valence-corrected chi connectivity index (χ4v) is 2.12. The van der Waals surface area contributed by atoms with E-state index in [9.17, 15) is 0 Å². The van der Waals surface area contributed by atoms with Gasteiger partial charge in [-0.25, -0.2) is 4.98 Å². The van der Waals surface area contributed by atoms with E-state index in [-0.39, 0.29) is 0 Å². The van der Waals surface area contributed by atoms with Crippen molar-refractivity contribution < 1.29 is 0 Å². The Bertz CT molecular complexity index is 561. The average Bonchev–Trinajstić information content (AvgIpc) is 2.74. The monoisotopic (exact) mass is 283 g/mol. The van der Waals surface area contributed by atoms with Crippen LogP contribution in [0.15, 0.2) is 24.5 Å². The van der Waals surface area contributed by atoms with Gasteiger partial charge < -0.3 is 9.88 Å². The van der Waals surface area contributed by atoms with Gasteiger partial charge in [0.1, 0.15) is 0 Å². The molecule has 0 atom stereocenters. The quantitative estimate of drug-likeness (QED) is 0.875. The summed E-state index contributed by atoms with van der Waals surface area (Å²) in [4.78, 5) is 4.28. The van der Waals surface area contributed by atoms with E-state index in [1.807, 2.05) is 29.8 Å². The second kappa shape index (κ2) is 5.21. The van der Waals surface area contributed by atoms with E-state index < -0.39 is 0 Å². The first kappa shape index (κ1) is 13.2. The van der Waals surface area contributed by atoms with Crippen molar-refractivity contribution in [2.75, 3.05) is 5.32 Å². The van der Waals surface area contributed by atoms with Crippen LogP contribution in [-0.2, 0) is 0 Å². The van der Waals surface area contributed by atoms with Gasteiger partial charge in [-0.2, -0.15) is 0 Å². The normalized spacial score (nSPS) is 11.0. The van der Waals surface area contributed by atoms with Gasteiger partial charge in [0.05, 0.1) is 10.7 Å². The molecule has 3 nitrogen and oxygen atoms in total. The highest BCUT2D eigenvalue weighted by atomic mass is 35.5. The Morgan fingerprint density at radius 3 is 2.61 bits per heavy atom. The first-order valence-corrected chi connectivity index (χ1v) is 6.50. The Labute approximate surface area is 117 Å². The smallest absolute Gasteiger partial charge is 0.207 e. The van der Waals surface area contributed by atoms with Gasteiger partial charge in [0.15, 0.2) is 0 Å². The Morgan fingerprint density at radius 2 is 1.94 bits per heavy atom. The van der Waals surface area contributed by atoms with E-state index in [0.29, 0.717) is 16.1 Å². The summed E-state index contributed by atoms with van der Waals surface area (Å²) >= 11 is 12.3. The van der Waals surface area contributed by atoms with Crippen molar-refractivity contribution in [2.24, 2.45) is 0 Å². The van der Waals surface area contributed by atoms with Crippen molar-refractivity contribution >= 4 is 34.8 Å². The molecular weight excluding hydrogens is 269 g/mol. The fraction of sp³-hybridized carbons (Fsp3) is 0.308. The van der Waals surface area contributed by atoms with Crippen molar-refractivity contribution in [3.8, 4) is 0 Å². The van der Waals surface area contributed by atoms with Crippen molar-refractivity contribution in [3.63, 3.8) is 0 Å².